The van der Waals surface area contributed by atoms with Crippen molar-refractivity contribution >= 4 is 46.4 Å². The van der Waals surface area contributed by atoms with Crippen LogP contribution in [0.5, 0.6) is 0 Å². The summed E-state index contributed by atoms with van der Waals surface area (Å²) < 4.78 is 5.50. The summed E-state index contributed by atoms with van der Waals surface area (Å²) in [6.45, 7) is 0. The van der Waals surface area contributed by atoms with Gasteiger partial charge in [-0.1, -0.05) is 36.2 Å². The summed E-state index contributed by atoms with van der Waals surface area (Å²) in [4.78, 5) is 27.7. The maximum atomic E-state index is 11.8. The van der Waals surface area contributed by atoms with E-state index >= 15 is 0 Å². The first-order valence-electron chi connectivity index (χ1n) is 7.39. The average Bonchev–Trinajstić information content (AvgIpc) is 3.13. The number of hydrogen-bond acceptors (Lipinski definition) is 5. The number of fused-ring (bicyclic) bond motifs is 1. The number of hydrogen-bond donors (Lipinski definition) is 2. The Balaban J connectivity index is 1.48. The molecule has 0 atom stereocenters. The molecule has 1 fully saturated rings. The Morgan fingerprint density at radius 3 is 2.91 bits per heavy atom. The number of benzene rings is 1. The van der Waals surface area contributed by atoms with Crippen molar-refractivity contribution in [2.45, 2.75) is 36.9 Å². The molecule has 1 aliphatic carbocycles. The summed E-state index contributed by atoms with van der Waals surface area (Å²) in [5.41, 5.74) is 1.25. The van der Waals surface area contributed by atoms with Crippen LogP contribution in [0.1, 0.15) is 25.7 Å². The van der Waals surface area contributed by atoms with Gasteiger partial charge < -0.3 is 9.73 Å². The molecule has 2 aromatic rings. The number of urea groups is 1. The standard InChI is InChI=1S/C15H16ClN3O3S/c16-9-5-6-12-11(7-9)18-15(22-12)23-8-13(20)19-14(21)17-10-3-1-2-4-10/h5-7,10H,1-4,8H2,(H2,17,19,20,21). The molecule has 23 heavy (non-hydrogen) atoms. The molecule has 0 saturated heterocycles. The van der Waals surface area contributed by atoms with Crippen LogP contribution in [0.25, 0.3) is 11.1 Å². The number of carbonyl (C=O) groups excluding carboxylic acids is 2. The maximum Gasteiger partial charge on any atom is 0.321 e. The molecule has 0 spiro atoms. The van der Waals surface area contributed by atoms with Gasteiger partial charge in [0.15, 0.2) is 5.58 Å². The van der Waals surface area contributed by atoms with Crippen LogP contribution >= 0.6 is 23.4 Å². The van der Waals surface area contributed by atoms with Crippen molar-refractivity contribution in [3.8, 4) is 0 Å². The van der Waals surface area contributed by atoms with Gasteiger partial charge in [-0.2, -0.15) is 0 Å². The SMILES string of the molecule is O=C(CSc1nc2cc(Cl)ccc2o1)NC(=O)NC1CCCC1. The van der Waals surface area contributed by atoms with E-state index in [0.29, 0.717) is 21.3 Å². The van der Waals surface area contributed by atoms with Gasteiger partial charge in [-0.25, -0.2) is 9.78 Å². The number of nitrogens with zero attached hydrogens (tertiary/aromatic N) is 1. The molecule has 8 heteroatoms. The lowest BCUT2D eigenvalue weighted by atomic mass is 10.2. The zero-order valence-corrected chi connectivity index (χ0v) is 13.9. The van der Waals surface area contributed by atoms with Gasteiger partial charge in [-0.3, -0.25) is 10.1 Å². The van der Waals surface area contributed by atoms with Crippen LogP contribution in [-0.4, -0.2) is 28.7 Å². The van der Waals surface area contributed by atoms with Gasteiger partial charge in [0.05, 0.1) is 5.75 Å². The number of halogens is 1. The van der Waals surface area contributed by atoms with Crippen LogP contribution in [-0.2, 0) is 4.79 Å². The van der Waals surface area contributed by atoms with Gasteiger partial charge >= 0.3 is 6.03 Å². The molecule has 1 aromatic heterocycles. The number of rotatable bonds is 4. The third-order valence-electron chi connectivity index (χ3n) is 3.60. The Labute approximate surface area is 142 Å². The minimum absolute atomic E-state index is 0.0542. The molecule has 0 aliphatic heterocycles. The normalized spacial score (nSPS) is 15.0. The lowest BCUT2D eigenvalue weighted by Gasteiger charge is -2.11. The van der Waals surface area contributed by atoms with Crippen LogP contribution < -0.4 is 10.6 Å². The monoisotopic (exact) mass is 353 g/mol. The molecule has 0 unspecified atom stereocenters. The summed E-state index contributed by atoms with van der Waals surface area (Å²) >= 11 is 7.02. The topological polar surface area (TPSA) is 84.2 Å². The zero-order valence-electron chi connectivity index (χ0n) is 12.3. The molecule has 122 valence electrons. The van der Waals surface area contributed by atoms with E-state index in [2.05, 4.69) is 15.6 Å². The summed E-state index contributed by atoms with van der Waals surface area (Å²) in [6.07, 6.45) is 4.19. The van der Waals surface area contributed by atoms with E-state index in [4.69, 9.17) is 16.0 Å². The number of amides is 3. The summed E-state index contributed by atoms with van der Waals surface area (Å²) in [5, 5.41) is 6.06. The first kappa shape index (κ1) is 16.1. The van der Waals surface area contributed by atoms with E-state index in [1.54, 1.807) is 18.2 Å². The Hall–Kier alpha value is -1.73. The van der Waals surface area contributed by atoms with Crippen molar-refractivity contribution in [1.29, 1.82) is 0 Å². The summed E-state index contributed by atoms with van der Waals surface area (Å²) in [6, 6.07) is 4.87. The van der Waals surface area contributed by atoms with Crippen LogP contribution in [0.15, 0.2) is 27.8 Å². The van der Waals surface area contributed by atoms with Crippen molar-refractivity contribution < 1.29 is 14.0 Å². The minimum Gasteiger partial charge on any atom is -0.431 e. The second-order valence-corrected chi connectivity index (χ2v) is 6.75. The number of aromatic nitrogens is 1. The van der Waals surface area contributed by atoms with Crippen LogP contribution in [0, 0.1) is 0 Å². The van der Waals surface area contributed by atoms with Gasteiger partial charge in [0, 0.05) is 11.1 Å². The number of thioether (sulfide) groups is 1. The second kappa shape index (κ2) is 7.23. The third-order valence-corrected chi connectivity index (χ3v) is 4.66. The second-order valence-electron chi connectivity index (χ2n) is 5.38. The smallest absolute Gasteiger partial charge is 0.321 e. The highest BCUT2D eigenvalue weighted by molar-refractivity contribution is 7.99. The van der Waals surface area contributed by atoms with Crippen molar-refractivity contribution in [2.24, 2.45) is 0 Å². The quantitative estimate of drug-likeness (QED) is 0.823. The predicted octanol–water partition coefficient (Wildman–Crippen LogP) is 3.34. The van der Waals surface area contributed by atoms with Crippen molar-refractivity contribution in [2.75, 3.05) is 5.75 Å². The van der Waals surface area contributed by atoms with Gasteiger partial charge in [0.2, 0.25) is 5.91 Å². The highest BCUT2D eigenvalue weighted by Gasteiger charge is 2.18. The largest absolute Gasteiger partial charge is 0.431 e. The Morgan fingerprint density at radius 2 is 2.13 bits per heavy atom. The fourth-order valence-corrected chi connectivity index (χ4v) is 3.33. The molecule has 1 heterocycles. The van der Waals surface area contributed by atoms with E-state index in [9.17, 15) is 9.59 Å². The van der Waals surface area contributed by atoms with E-state index in [1.165, 1.54) is 0 Å². The van der Waals surface area contributed by atoms with Crippen LogP contribution in [0.4, 0.5) is 4.79 Å². The number of oxazole rings is 1. The number of imide groups is 1. The molecule has 3 rings (SSSR count). The summed E-state index contributed by atoms with van der Waals surface area (Å²) in [7, 11) is 0. The predicted molar refractivity (Wildman–Crippen MR) is 88.7 cm³/mol. The first-order chi connectivity index (χ1) is 11.1. The molecule has 1 saturated carbocycles. The summed E-state index contributed by atoms with van der Waals surface area (Å²) in [5.74, 6) is -0.329. The van der Waals surface area contributed by atoms with Gasteiger partial charge in [-0.05, 0) is 31.0 Å². The van der Waals surface area contributed by atoms with Crippen LogP contribution in [0.2, 0.25) is 5.02 Å². The lowest BCUT2D eigenvalue weighted by molar-refractivity contribution is -0.117. The molecule has 0 radical (unpaired) electrons. The number of nitrogens with one attached hydrogen (secondary N) is 2. The fraction of sp³-hybridized carbons (Fsp3) is 0.400. The minimum atomic E-state index is -0.438. The van der Waals surface area contributed by atoms with Gasteiger partial charge in [0.1, 0.15) is 5.52 Å². The highest BCUT2D eigenvalue weighted by Crippen LogP contribution is 2.25. The van der Waals surface area contributed by atoms with Crippen LogP contribution in [0.3, 0.4) is 0 Å². The van der Waals surface area contributed by atoms with E-state index in [-0.39, 0.29) is 17.7 Å². The van der Waals surface area contributed by atoms with Crippen molar-refractivity contribution in [3.05, 3.63) is 23.2 Å². The highest BCUT2D eigenvalue weighted by atomic mass is 35.5. The fourth-order valence-electron chi connectivity index (χ4n) is 2.52. The zero-order chi connectivity index (χ0) is 16.2. The Kier molecular flexibility index (Phi) is 5.07. The average molecular weight is 354 g/mol. The molecule has 3 amide bonds. The molecule has 6 nitrogen and oxygen atoms in total. The first-order valence-corrected chi connectivity index (χ1v) is 8.76. The van der Waals surface area contributed by atoms with Gasteiger partial charge in [-0.15, -0.1) is 0 Å². The molecule has 0 bridgehead atoms. The van der Waals surface area contributed by atoms with Crippen molar-refractivity contribution in [1.82, 2.24) is 15.6 Å². The van der Waals surface area contributed by atoms with Crippen molar-refractivity contribution in [3.63, 3.8) is 0 Å². The molecule has 2 N–H and O–H groups in total. The lowest BCUT2D eigenvalue weighted by Crippen LogP contribution is -2.44. The van der Waals surface area contributed by atoms with E-state index < -0.39 is 6.03 Å². The molecular formula is C15H16ClN3O3S. The molecular weight excluding hydrogens is 338 g/mol. The van der Waals surface area contributed by atoms with Gasteiger partial charge in [0.25, 0.3) is 5.22 Å². The molecule has 1 aromatic carbocycles. The Bertz CT molecular complexity index is 728. The van der Waals surface area contributed by atoms with E-state index in [0.717, 1.165) is 37.4 Å². The molecule has 1 aliphatic rings. The Morgan fingerprint density at radius 1 is 1.35 bits per heavy atom. The van der Waals surface area contributed by atoms with E-state index in [1.807, 2.05) is 0 Å². The number of carbonyl (C=O) groups is 2. The maximum absolute atomic E-state index is 11.8. The third kappa shape index (κ3) is 4.39.